The number of esters is 1. The fraction of sp³-hybridized carbons (Fsp3) is 0.533. The standard InChI is InChI=1S/C15H18F2N2O2/c1-21-15(20)9-4-5-11(14(17)13(9)16)18-10-6-8-19-7-2-3-12(10)19/h4-5,10,12,18H,2-3,6-8H2,1H3. The molecule has 2 aliphatic heterocycles. The predicted molar refractivity (Wildman–Crippen MR) is 74.3 cm³/mol. The van der Waals surface area contributed by atoms with Gasteiger partial charge in [0.25, 0.3) is 0 Å². The number of ether oxygens (including phenoxy) is 1. The van der Waals surface area contributed by atoms with E-state index in [9.17, 15) is 13.6 Å². The number of rotatable bonds is 3. The van der Waals surface area contributed by atoms with Gasteiger partial charge < -0.3 is 10.1 Å². The topological polar surface area (TPSA) is 41.6 Å². The second kappa shape index (κ2) is 5.60. The van der Waals surface area contributed by atoms with Crippen molar-refractivity contribution in [2.24, 2.45) is 0 Å². The van der Waals surface area contributed by atoms with E-state index in [0.717, 1.165) is 39.5 Å². The Labute approximate surface area is 122 Å². The molecule has 0 radical (unpaired) electrons. The Kier molecular flexibility index (Phi) is 3.80. The van der Waals surface area contributed by atoms with Crippen molar-refractivity contribution in [3.05, 3.63) is 29.3 Å². The highest BCUT2D eigenvalue weighted by Crippen LogP contribution is 2.31. The minimum Gasteiger partial charge on any atom is -0.465 e. The van der Waals surface area contributed by atoms with Crippen molar-refractivity contribution in [3.8, 4) is 0 Å². The molecular weight excluding hydrogens is 278 g/mol. The molecule has 2 fully saturated rings. The first-order valence-corrected chi connectivity index (χ1v) is 7.18. The van der Waals surface area contributed by atoms with Crippen molar-refractivity contribution in [1.29, 1.82) is 0 Å². The number of carbonyl (C=O) groups excluding carboxylic acids is 1. The zero-order valence-electron chi connectivity index (χ0n) is 11.9. The monoisotopic (exact) mass is 296 g/mol. The van der Waals surface area contributed by atoms with E-state index in [4.69, 9.17) is 0 Å². The molecule has 0 saturated carbocycles. The van der Waals surface area contributed by atoms with E-state index in [1.807, 2.05) is 0 Å². The molecule has 0 amide bonds. The van der Waals surface area contributed by atoms with Crippen LogP contribution in [0.2, 0.25) is 0 Å². The Morgan fingerprint density at radius 1 is 1.29 bits per heavy atom. The Bertz CT molecular complexity index is 565. The van der Waals surface area contributed by atoms with Crippen LogP contribution < -0.4 is 5.32 Å². The van der Waals surface area contributed by atoms with Gasteiger partial charge in [-0.2, -0.15) is 0 Å². The first kappa shape index (κ1) is 14.3. The highest BCUT2D eigenvalue weighted by Gasteiger charge is 2.37. The van der Waals surface area contributed by atoms with Gasteiger partial charge in [-0.1, -0.05) is 0 Å². The predicted octanol–water partition coefficient (Wildman–Crippen LogP) is 2.40. The number of nitrogens with one attached hydrogen (secondary N) is 1. The average Bonchev–Trinajstić information content (AvgIpc) is 3.08. The quantitative estimate of drug-likeness (QED) is 0.870. The number of fused-ring (bicyclic) bond motifs is 1. The molecule has 2 heterocycles. The molecule has 2 saturated heterocycles. The zero-order chi connectivity index (χ0) is 15.0. The molecule has 21 heavy (non-hydrogen) atoms. The van der Waals surface area contributed by atoms with E-state index in [2.05, 4.69) is 15.0 Å². The van der Waals surface area contributed by atoms with Crippen LogP contribution in [0.25, 0.3) is 0 Å². The molecule has 1 N–H and O–H groups in total. The van der Waals surface area contributed by atoms with Crippen LogP contribution in [0, 0.1) is 11.6 Å². The summed E-state index contributed by atoms with van der Waals surface area (Å²) in [6.45, 7) is 2.08. The van der Waals surface area contributed by atoms with Gasteiger partial charge >= 0.3 is 5.97 Å². The summed E-state index contributed by atoms with van der Waals surface area (Å²) in [5.41, 5.74) is -0.270. The molecule has 0 spiro atoms. The van der Waals surface area contributed by atoms with Gasteiger partial charge in [0.1, 0.15) is 0 Å². The van der Waals surface area contributed by atoms with E-state index < -0.39 is 17.6 Å². The van der Waals surface area contributed by atoms with Crippen molar-refractivity contribution < 1.29 is 18.3 Å². The summed E-state index contributed by atoms with van der Waals surface area (Å²) >= 11 is 0. The highest BCUT2D eigenvalue weighted by atomic mass is 19.2. The number of hydrogen-bond acceptors (Lipinski definition) is 4. The Hall–Kier alpha value is -1.69. The van der Waals surface area contributed by atoms with Crippen molar-refractivity contribution in [2.75, 3.05) is 25.5 Å². The zero-order valence-corrected chi connectivity index (χ0v) is 11.9. The minimum absolute atomic E-state index is 0.110. The van der Waals surface area contributed by atoms with E-state index in [1.54, 1.807) is 0 Å². The lowest BCUT2D eigenvalue weighted by atomic mass is 10.1. The lowest BCUT2D eigenvalue weighted by Gasteiger charge is -2.22. The van der Waals surface area contributed by atoms with E-state index in [1.165, 1.54) is 12.1 Å². The molecule has 2 aliphatic rings. The molecule has 2 atom stereocenters. The maximum absolute atomic E-state index is 14.1. The normalized spacial score (nSPS) is 24.9. The van der Waals surface area contributed by atoms with Crippen molar-refractivity contribution in [3.63, 3.8) is 0 Å². The third-order valence-corrected chi connectivity index (χ3v) is 4.43. The molecular formula is C15H18F2N2O2. The summed E-state index contributed by atoms with van der Waals surface area (Å²) in [5, 5.41) is 3.10. The first-order chi connectivity index (χ1) is 10.1. The van der Waals surface area contributed by atoms with Crippen molar-refractivity contribution in [1.82, 2.24) is 4.90 Å². The third kappa shape index (κ3) is 2.48. The van der Waals surface area contributed by atoms with Crippen LogP contribution in [-0.2, 0) is 4.74 Å². The number of nitrogens with zero attached hydrogens (tertiary/aromatic N) is 1. The van der Waals surface area contributed by atoms with Crippen LogP contribution in [0.1, 0.15) is 29.6 Å². The molecule has 0 aromatic heterocycles. The summed E-state index contributed by atoms with van der Waals surface area (Å²) in [6, 6.07) is 3.19. The van der Waals surface area contributed by atoms with E-state index in [-0.39, 0.29) is 17.3 Å². The number of hydrogen-bond donors (Lipinski definition) is 1. The van der Waals surface area contributed by atoms with Gasteiger partial charge in [-0.3, -0.25) is 4.90 Å². The third-order valence-electron chi connectivity index (χ3n) is 4.43. The number of halogens is 2. The Morgan fingerprint density at radius 2 is 2.10 bits per heavy atom. The van der Waals surface area contributed by atoms with Crippen LogP contribution in [0.15, 0.2) is 12.1 Å². The molecule has 4 nitrogen and oxygen atoms in total. The summed E-state index contributed by atoms with van der Waals surface area (Å²) in [6.07, 6.45) is 3.16. The average molecular weight is 296 g/mol. The maximum atomic E-state index is 14.1. The summed E-state index contributed by atoms with van der Waals surface area (Å²) in [7, 11) is 1.14. The molecule has 6 heteroatoms. The molecule has 1 aromatic rings. The van der Waals surface area contributed by atoms with Gasteiger partial charge in [0.15, 0.2) is 11.6 Å². The van der Waals surface area contributed by atoms with Crippen LogP contribution in [0.5, 0.6) is 0 Å². The second-order valence-corrected chi connectivity index (χ2v) is 5.57. The number of carbonyl (C=O) groups is 1. The minimum atomic E-state index is -1.16. The second-order valence-electron chi connectivity index (χ2n) is 5.57. The summed E-state index contributed by atoms with van der Waals surface area (Å²) in [4.78, 5) is 13.7. The van der Waals surface area contributed by atoms with Crippen LogP contribution in [0.3, 0.4) is 0 Å². The number of anilines is 1. The largest absolute Gasteiger partial charge is 0.465 e. The molecule has 1 aromatic carbocycles. The van der Waals surface area contributed by atoms with E-state index >= 15 is 0 Å². The van der Waals surface area contributed by atoms with Gasteiger partial charge in [0, 0.05) is 18.6 Å². The van der Waals surface area contributed by atoms with Crippen LogP contribution >= 0.6 is 0 Å². The number of methoxy groups -OCH3 is 1. The van der Waals surface area contributed by atoms with Gasteiger partial charge in [-0.25, -0.2) is 13.6 Å². The van der Waals surface area contributed by atoms with Gasteiger partial charge in [-0.05, 0) is 37.9 Å². The Morgan fingerprint density at radius 3 is 2.86 bits per heavy atom. The van der Waals surface area contributed by atoms with E-state index in [0.29, 0.717) is 6.04 Å². The van der Waals surface area contributed by atoms with Crippen molar-refractivity contribution >= 4 is 11.7 Å². The Balaban J connectivity index is 1.80. The fourth-order valence-electron chi connectivity index (χ4n) is 3.38. The van der Waals surface area contributed by atoms with Crippen molar-refractivity contribution in [2.45, 2.75) is 31.3 Å². The number of benzene rings is 1. The molecule has 0 bridgehead atoms. The molecule has 2 unspecified atom stereocenters. The molecule has 114 valence electrons. The van der Waals surface area contributed by atoms with Crippen LogP contribution in [-0.4, -0.2) is 43.2 Å². The summed E-state index contributed by atoms with van der Waals surface area (Å²) in [5.74, 6) is -3.05. The van der Waals surface area contributed by atoms with Crippen LogP contribution in [0.4, 0.5) is 14.5 Å². The summed E-state index contributed by atoms with van der Waals surface area (Å²) < 4.78 is 32.4. The fourth-order valence-corrected chi connectivity index (χ4v) is 3.38. The molecule has 3 rings (SSSR count). The smallest absolute Gasteiger partial charge is 0.340 e. The maximum Gasteiger partial charge on any atom is 0.340 e. The van der Waals surface area contributed by atoms with Gasteiger partial charge in [0.2, 0.25) is 0 Å². The first-order valence-electron chi connectivity index (χ1n) is 7.18. The lowest BCUT2D eigenvalue weighted by molar-refractivity contribution is 0.0594. The van der Waals surface area contributed by atoms with Gasteiger partial charge in [0.05, 0.1) is 18.4 Å². The molecule has 0 aliphatic carbocycles. The highest BCUT2D eigenvalue weighted by molar-refractivity contribution is 5.90. The lowest BCUT2D eigenvalue weighted by Crippen LogP contribution is -2.34. The SMILES string of the molecule is COC(=O)c1ccc(NC2CCN3CCCC23)c(F)c1F. The van der Waals surface area contributed by atoms with Gasteiger partial charge in [-0.15, -0.1) is 0 Å².